The summed E-state index contributed by atoms with van der Waals surface area (Å²) < 4.78 is 52.3. The van der Waals surface area contributed by atoms with Crippen LogP contribution in [0.15, 0.2) is 30.7 Å². The van der Waals surface area contributed by atoms with Gasteiger partial charge < -0.3 is 10.0 Å². The maximum absolute atomic E-state index is 14.4. The van der Waals surface area contributed by atoms with Crippen molar-refractivity contribution in [2.24, 2.45) is 0 Å². The van der Waals surface area contributed by atoms with E-state index in [1.54, 1.807) is 24.2 Å². The van der Waals surface area contributed by atoms with Crippen molar-refractivity contribution in [3.8, 4) is 11.4 Å². The maximum atomic E-state index is 14.4. The number of aliphatic hydroxyl groups excluding tert-OH is 1. The Balaban J connectivity index is 2.32. The summed E-state index contributed by atoms with van der Waals surface area (Å²) in [7, 11) is 1.74. The lowest BCUT2D eigenvalue weighted by molar-refractivity contribution is -0.138. The zero-order chi connectivity index (χ0) is 21.6. The molecule has 0 fully saturated rings. The van der Waals surface area contributed by atoms with Crippen LogP contribution in [-0.2, 0) is 6.18 Å². The first-order valence-electron chi connectivity index (χ1n) is 8.90. The van der Waals surface area contributed by atoms with Crippen LogP contribution in [0.1, 0.15) is 41.3 Å². The summed E-state index contributed by atoms with van der Waals surface area (Å²) in [4.78, 5) is 20.2. The van der Waals surface area contributed by atoms with Crippen molar-refractivity contribution in [3.05, 3.63) is 53.2 Å². The van der Waals surface area contributed by atoms with Crippen LogP contribution in [0.3, 0.4) is 0 Å². The number of hydrogen-bond donors (Lipinski definition) is 1. The number of aldehydes is 1. The second-order valence-corrected chi connectivity index (χ2v) is 6.57. The number of alkyl halides is 3. The number of aromatic nitrogens is 2. The van der Waals surface area contributed by atoms with Crippen molar-refractivity contribution in [1.29, 1.82) is 0 Å². The fourth-order valence-electron chi connectivity index (χ4n) is 2.66. The number of hydrogen-bond acceptors (Lipinski definition) is 5. The summed E-state index contributed by atoms with van der Waals surface area (Å²) in [5.41, 5.74) is -0.759. The molecule has 0 saturated heterocycles. The summed E-state index contributed by atoms with van der Waals surface area (Å²) in [5, 5.41) is 9.85. The van der Waals surface area contributed by atoms with E-state index in [9.17, 15) is 27.5 Å². The number of carbonyl (C=O) groups is 1. The Morgan fingerprint density at radius 3 is 2.41 bits per heavy atom. The highest BCUT2D eigenvalue weighted by molar-refractivity contribution is 5.84. The molecule has 0 aliphatic carbocycles. The topological polar surface area (TPSA) is 66.3 Å². The van der Waals surface area contributed by atoms with Gasteiger partial charge in [-0.1, -0.05) is 13.3 Å². The molecule has 9 heteroatoms. The molecule has 0 aliphatic heterocycles. The van der Waals surface area contributed by atoms with Crippen LogP contribution in [0, 0.1) is 5.82 Å². The first kappa shape index (κ1) is 22.5. The number of nitrogens with zero attached hydrogens (tertiary/aromatic N) is 3. The number of likely N-dealkylation sites (N-methyl/N-ethyl adjacent to an activating group) is 1. The van der Waals surface area contributed by atoms with Crippen molar-refractivity contribution in [3.63, 3.8) is 0 Å². The molecule has 0 spiro atoms. The van der Waals surface area contributed by atoms with Gasteiger partial charge in [-0.15, -0.1) is 0 Å². The highest BCUT2D eigenvalue weighted by atomic mass is 19.4. The molecule has 0 saturated carbocycles. The molecular weight excluding hydrogens is 390 g/mol. The second kappa shape index (κ2) is 9.60. The second-order valence-electron chi connectivity index (χ2n) is 6.57. The van der Waals surface area contributed by atoms with Gasteiger partial charge in [0.05, 0.1) is 17.2 Å². The molecule has 1 atom stereocenters. The summed E-state index contributed by atoms with van der Waals surface area (Å²) >= 11 is 0. The van der Waals surface area contributed by atoms with Gasteiger partial charge in [-0.25, -0.2) is 14.4 Å². The molecule has 0 bridgehead atoms. The van der Waals surface area contributed by atoms with E-state index in [0.29, 0.717) is 37.2 Å². The van der Waals surface area contributed by atoms with Crippen LogP contribution >= 0.6 is 0 Å². The minimum atomic E-state index is -4.60. The molecule has 2 aromatic rings. The summed E-state index contributed by atoms with van der Waals surface area (Å²) in [6, 6.07) is 2.28. The molecule has 5 nitrogen and oxygen atoms in total. The van der Waals surface area contributed by atoms with Crippen molar-refractivity contribution in [2.75, 3.05) is 13.6 Å². The lowest BCUT2D eigenvalue weighted by Crippen LogP contribution is -2.24. The Kier molecular flexibility index (Phi) is 7.44. The number of benzene rings is 1. The average molecular weight is 411 g/mol. The van der Waals surface area contributed by atoms with Crippen LogP contribution in [0.4, 0.5) is 17.6 Å². The SMILES string of the molecule is CCCC(O)CN(C)/C=C\c1cc(-c2ncc(C(F)(F)F)cn2)c(F)cc1C=O. The molecule has 1 heterocycles. The predicted molar refractivity (Wildman–Crippen MR) is 100 cm³/mol. The first-order valence-corrected chi connectivity index (χ1v) is 8.90. The Morgan fingerprint density at radius 1 is 1.21 bits per heavy atom. The first-order chi connectivity index (χ1) is 13.7. The van der Waals surface area contributed by atoms with Gasteiger partial charge in [0.1, 0.15) is 5.82 Å². The van der Waals surface area contributed by atoms with Gasteiger partial charge in [0.15, 0.2) is 12.1 Å². The van der Waals surface area contributed by atoms with Crippen molar-refractivity contribution >= 4 is 12.4 Å². The summed E-state index contributed by atoms with van der Waals surface area (Å²) in [5.74, 6) is -1.05. The fourth-order valence-corrected chi connectivity index (χ4v) is 2.66. The van der Waals surface area contributed by atoms with Crippen molar-refractivity contribution in [1.82, 2.24) is 14.9 Å². The minimum absolute atomic E-state index is 0.0666. The number of rotatable bonds is 8. The standard InChI is InChI=1S/C20H21F4N3O2/c1-3-4-16(29)11-27(2)6-5-13-7-17(18(21)8-14(13)12-28)19-25-9-15(10-26-19)20(22,23)24/h5-10,12,16,29H,3-4,11H2,1-2H3/b6-5-. The molecule has 1 aromatic carbocycles. The Bertz CT molecular complexity index is 867. The molecule has 0 radical (unpaired) electrons. The Hall–Kier alpha value is -2.81. The van der Waals surface area contributed by atoms with Gasteiger partial charge in [-0.3, -0.25) is 4.79 Å². The summed E-state index contributed by atoms with van der Waals surface area (Å²) in [6.45, 7) is 2.33. The molecular formula is C20H21F4N3O2. The molecule has 29 heavy (non-hydrogen) atoms. The van der Waals surface area contributed by atoms with E-state index in [1.807, 2.05) is 6.92 Å². The van der Waals surface area contributed by atoms with Gasteiger partial charge >= 0.3 is 6.18 Å². The van der Waals surface area contributed by atoms with Gasteiger partial charge in [0.25, 0.3) is 0 Å². The van der Waals surface area contributed by atoms with E-state index in [1.165, 1.54) is 6.07 Å². The maximum Gasteiger partial charge on any atom is 0.419 e. The Morgan fingerprint density at radius 2 is 1.86 bits per heavy atom. The van der Waals surface area contributed by atoms with Gasteiger partial charge in [0.2, 0.25) is 0 Å². The quantitative estimate of drug-likeness (QED) is 0.522. The molecule has 0 aliphatic rings. The van der Waals surface area contributed by atoms with Gasteiger partial charge in [-0.05, 0) is 36.4 Å². The highest BCUT2D eigenvalue weighted by Crippen LogP contribution is 2.29. The lowest BCUT2D eigenvalue weighted by atomic mass is 10.0. The van der Waals surface area contributed by atoms with Crippen LogP contribution in [0.5, 0.6) is 0 Å². The van der Waals surface area contributed by atoms with Crippen molar-refractivity contribution in [2.45, 2.75) is 32.0 Å². The highest BCUT2D eigenvalue weighted by Gasteiger charge is 2.31. The molecule has 1 aromatic heterocycles. The molecule has 1 N–H and O–H groups in total. The van der Waals surface area contributed by atoms with Crippen LogP contribution < -0.4 is 0 Å². The smallest absolute Gasteiger partial charge is 0.391 e. The van der Waals surface area contributed by atoms with E-state index >= 15 is 0 Å². The molecule has 1 unspecified atom stereocenters. The zero-order valence-corrected chi connectivity index (χ0v) is 15.9. The minimum Gasteiger partial charge on any atom is -0.391 e. The van der Waals surface area contributed by atoms with E-state index in [2.05, 4.69) is 9.97 Å². The van der Waals surface area contributed by atoms with Crippen molar-refractivity contribution < 1.29 is 27.5 Å². The predicted octanol–water partition coefficient (Wildman–Crippen LogP) is 4.18. The summed E-state index contributed by atoms with van der Waals surface area (Å²) in [6.07, 6.45) is 1.18. The Labute approximate surface area is 165 Å². The third-order valence-electron chi connectivity index (χ3n) is 4.15. The monoisotopic (exact) mass is 411 g/mol. The zero-order valence-electron chi connectivity index (χ0n) is 15.9. The normalized spacial score (nSPS) is 12.9. The number of aliphatic hydroxyl groups is 1. The molecule has 156 valence electrons. The fraction of sp³-hybridized carbons (Fsp3) is 0.350. The largest absolute Gasteiger partial charge is 0.419 e. The van der Waals surface area contributed by atoms with E-state index < -0.39 is 23.7 Å². The van der Waals surface area contributed by atoms with E-state index in [-0.39, 0.29) is 17.0 Å². The third kappa shape index (κ3) is 6.08. The average Bonchev–Trinajstić information content (AvgIpc) is 2.66. The van der Waals surface area contributed by atoms with Gasteiger partial charge in [0, 0.05) is 31.5 Å². The molecule has 0 amide bonds. The third-order valence-corrected chi connectivity index (χ3v) is 4.15. The van der Waals surface area contributed by atoms with Crippen LogP contribution in [0.25, 0.3) is 17.5 Å². The molecule has 2 rings (SSSR count). The number of carbonyl (C=O) groups excluding carboxylic acids is 1. The lowest BCUT2D eigenvalue weighted by Gasteiger charge is -2.18. The van der Waals surface area contributed by atoms with E-state index in [0.717, 1.165) is 12.5 Å². The van der Waals surface area contributed by atoms with Gasteiger partial charge in [-0.2, -0.15) is 13.2 Å². The van der Waals surface area contributed by atoms with E-state index in [4.69, 9.17) is 0 Å². The van der Waals surface area contributed by atoms with Crippen LogP contribution in [-0.4, -0.2) is 46.0 Å². The number of halogens is 4. The van der Waals surface area contributed by atoms with Crippen LogP contribution in [0.2, 0.25) is 0 Å².